The first-order valence-corrected chi connectivity index (χ1v) is 15.8. The van der Waals surface area contributed by atoms with Crippen LogP contribution in [-0.4, -0.2) is 57.1 Å². The van der Waals surface area contributed by atoms with Gasteiger partial charge in [-0.3, -0.25) is 13.9 Å². The van der Waals surface area contributed by atoms with Crippen molar-refractivity contribution in [3.8, 4) is 5.75 Å². The number of amides is 2. The number of hydrogen-bond donors (Lipinski definition) is 1. The maximum Gasteiger partial charge on any atom is 0.243 e. The standard InChI is InChI=1S/C28H37Cl2N3O5S/c1-4-24(28(35)31-21-10-5-6-11-21)32(19-20-15-16-22(29)23(30)18-20)27(34)14-9-17-33(39(3,36)37)25-12-7-8-13-26(25)38-2/h7-8,12-13,15-16,18,21,24H,4-6,9-11,14,17,19H2,1-3H3,(H,31,35)/t24-/m1/s1. The summed E-state index contributed by atoms with van der Waals surface area (Å²) in [6.45, 7) is 2.13. The van der Waals surface area contributed by atoms with Crippen LogP contribution < -0.4 is 14.4 Å². The number of carbonyl (C=O) groups excluding carboxylic acids is 2. The van der Waals surface area contributed by atoms with Crippen LogP contribution in [-0.2, 0) is 26.2 Å². The van der Waals surface area contributed by atoms with Gasteiger partial charge in [0.2, 0.25) is 21.8 Å². The van der Waals surface area contributed by atoms with E-state index in [-0.39, 0.29) is 43.8 Å². The van der Waals surface area contributed by atoms with E-state index in [1.165, 1.54) is 11.4 Å². The number of methoxy groups -OCH3 is 1. The van der Waals surface area contributed by atoms with Gasteiger partial charge in [-0.15, -0.1) is 0 Å². The van der Waals surface area contributed by atoms with Gasteiger partial charge < -0.3 is 15.0 Å². The number of para-hydroxylation sites is 2. The van der Waals surface area contributed by atoms with Crippen LogP contribution in [0, 0.1) is 0 Å². The van der Waals surface area contributed by atoms with Crippen molar-refractivity contribution in [2.45, 2.75) is 70.5 Å². The van der Waals surface area contributed by atoms with Crippen LogP contribution in [0.25, 0.3) is 0 Å². The van der Waals surface area contributed by atoms with Gasteiger partial charge in [0.15, 0.2) is 0 Å². The van der Waals surface area contributed by atoms with Crippen LogP contribution in [0.5, 0.6) is 5.75 Å². The van der Waals surface area contributed by atoms with Gasteiger partial charge in [0.25, 0.3) is 0 Å². The SMILES string of the molecule is CC[C@H](C(=O)NC1CCCC1)N(Cc1ccc(Cl)c(Cl)c1)C(=O)CCCN(c1ccccc1OC)S(C)(=O)=O. The minimum absolute atomic E-state index is 0.0513. The molecule has 39 heavy (non-hydrogen) atoms. The molecule has 2 aromatic carbocycles. The maximum atomic E-state index is 13.6. The molecule has 1 saturated carbocycles. The Morgan fingerprint density at radius 1 is 1.10 bits per heavy atom. The Morgan fingerprint density at radius 3 is 2.41 bits per heavy atom. The normalized spacial score (nSPS) is 14.6. The fraction of sp³-hybridized carbons (Fsp3) is 0.500. The van der Waals surface area contributed by atoms with E-state index in [2.05, 4.69) is 5.32 Å². The average Bonchev–Trinajstić information content (AvgIpc) is 3.40. The van der Waals surface area contributed by atoms with E-state index in [0.29, 0.717) is 27.9 Å². The first kappa shape index (κ1) is 31.0. The van der Waals surface area contributed by atoms with Gasteiger partial charge in [-0.2, -0.15) is 0 Å². The molecule has 1 aliphatic carbocycles. The minimum atomic E-state index is -3.64. The second kappa shape index (κ2) is 14.2. The number of nitrogens with zero attached hydrogens (tertiary/aromatic N) is 2. The van der Waals surface area contributed by atoms with Crippen molar-refractivity contribution in [2.75, 3.05) is 24.2 Å². The molecular formula is C28H37Cl2N3O5S. The predicted octanol–water partition coefficient (Wildman–Crippen LogP) is 5.41. The monoisotopic (exact) mass is 597 g/mol. The fourth-order valence-corrected chi connectivity index (χ4v) is 6.23. The molecule has 1 aliphatic rings. The van der Waals surface area contributed by atoms with Crippen molar-refractivity contribution in [2.24, 2.45) is 0 Å². The number of nitrogens with one attached hydrogen (secondary N) is 1. The van der Waals surface area contributed by atoms with Crippen LogP contribution in [0.2, 0.25) is 10.0 Å². The van der Waals surface area contributed by atoms with E-state index in [4.69, 9.17) is 27.9 Å². The van der Waals surface area contributed by atoms with E-state index in [9.17, 15) is 18.0 Å². The minimum Gasteiger partial charge on any atom is -0.495 e. The molecule has 2 aromatic rings. The number of hydrogen-bond acceptors (Lipinski definition) is 5. The topological polar surface area (TPSA) is 96.0 Å². The Morgan fingerprint density at radius 2 is 1.79 bits per heavy atom. The molecule has 1 fully saturated rings. The molecule has 0 aromatic heterocycles. The van der Waals surface area contributed by atoms with E-state index in [1.807, 2.05) is 6.92 Å². The average molecular weight is 599 g/mol. The molecule has 0 aliphatic heterocycles. The second-order valence-corrected chi connectivity index (χ2v) is 12.5. The summed E-state index contributed by atoms with van der Waals surface area (Å²) in [5.41, 5.74) is 1.15. The highest BCUT2D eigenvalue weighted by Crippen LogP contribution is 2.30. The number of ether oxygens (including phenoxy) is 1. The predicted molar refractivity (Wildman–Crippen MR) is 156 cm³/mol. The van der Waals surface area contributed by atoms with Gasteiger partial charge in [-0.05, 0) is 55.5 Å². The number of sulfonamides is 1. The molecule has 11 heteroatoms. The zero-order chi connectivity index (χ0) is 28.6. The Balaban J connectivity index is 1.79. The summed E-state index contributed by atoms with van der Waals surface area (Å²) in [5, 5.41) is 3.89. The summed E-state index contributed by atoms with van der Waals surface area (Å²) in [4.78, 5) is 28.5. The van der Waals surface area contributed by atoms with E-state index >= 15 is 0 Å². The summed E-state index contributed by atoms with van der Waals surface area (Å²) in [7, 11) is -2.16. The van der Waals surface area contributed by atoms with Crippen LogP contribution in [0.15, 0.2) is 42.5 Å². The molecule has 0 saturated heterocycles. The van der Waals surface area contributed by atoms with Crippen molar-refractivity contribution in [1.82, 2.24) is 10.2 Å². The molecule has 0 bridgehead atoms. The molecule has 0 heterocycles. The summed E-state index contributed by atoms with van der Waals surface area (Å²) in [5.74, 6) is -0.00214. The van der Waals surface area contributed by atoms with Crippen molar-refractivity contribution in [3.63, 3.8) is 0 Å². The molecular weight excluding hydrogens is 561 g/mol. The second-order valence-electron chi connectivity index (χ2n) is 9.79. The van der Waals surface area contributed by atoms with Gasteiger partial charge in [-0.1, -0.05) is 61.2 Å². The molecule has 2 amide bonds. The van der Waals surface area contributed by atoms with Crippen molar-refractivity contribution >= 4 is 50.7 Å². The number of rotatable bonds is 13. The summed E-state index contributed by atoms with van der Waals surface area (Å²) in [6.07, 6.45) is 5.90. The first-order chi connectivity index (χ1) is 18.5. The highest BCUT2D eigenvalue weighted by atomic mass is 35.5. The number of anilines is 1. The highest BCUT2D eigenvalue weighted by molar-refractivity contribution is 7.92. The van der Waals surface area contributed by atoms with Crippen molar-refractivity contribution < 1.29 is 22.7 Å². The lowest BCUT2D eigenvalue weighted by Gasteiger charge is -2.32. The summed E-state index contributed by atoms with van der Waals surface area (Å²) < 4.78 is 31.8. The lowest BCUT2D eigenvalue weighted by Crippen LogP contribution is -2.51. The molecule has 0 radical (unpaired) electrons. The maximum absolute atomic E-state index is 13.6. The Bertz CT molecular complexity index is 1250. The third-order valence-corrected chi connectivity index (χ3v) is 8.85. The quantitative estimate of drug-likeness (QED) is 0.333. The first-order valence-electron chi connectivity index (χ1n) is 13.2. The number of benzene rings is 2. The molecule has 0 spiro atoms. The van der Waals surface area contributed by atoms with E-state index < -0.39 is 16.1 Å². The fourth-order valence-electron chi connectivity index (χ4n) is 4.94. The van der Waals surface area contributed by atoms with E-state index in [1.54, 1.807) is 47.4 Å². The van der Waals surface area contributed by atoms with Crippen molar-refractivity contribution in [3.05, 3.63) is 58.1 Å². The van der Waals surface area contributed by atoms with Crippen molar-refractivity contribution in [1.29, 1.82) is 0 Å². The Labute approximate surface area is 241 Å². The van der Waals surface area contributed by atoms with Gasteiger partial charge in [-0.25, -0.2) is 8.42 Å². The zero-order valence-corrected chi connectivity index (χ0v) is 25.0. The molecule has 8 nitrogen and oxygen atoms in total. The van der Waals surface area contributed by atoms with Gasteiger partial charge in [0, 0.05) is 25.6 Å². The van der Waals surface area contributed by atoms with E-state index in [0.717, 1.165) is 37.5 Å². The number of halogens is 2. The Hall–Kier alpha value is -2.49. The molecule has 1 N–H and O–H groups in total. The smallest absolute Gasteiger partial charge is 0.243 e. The molecule has 214 valence electrons. The lowest BCUT2D eigenvalue weighted by atomic mass is 10.1. The lowest BCUT2D eigenvalue weighted by molar-refractivity contribution is -0.141. The van der Waals surface area contributed by atoms with Crippen LogP contribution in [0.3, 0.4) is 0 Å². The van der Waals surface area contributed by atoms with Gasteiger partial charge >= 0.3 is 0 Å². The molecule has 1 atom stereocenters. The Kier molecular flexibility index (Phi) is 11.3. The molecule has 3 rings (SSSR count). The van der Waals surface area contributed by atoms with Crippen LogP contribution in [0.1, 0.15) is 57.4 Å². The summed E-state index contributed by atoms with van der Waals surface area (Å²) in [6, 6.07) is 11.4. The number of carbonyl (C=O) groups is 2. The van der Waals surface area contributed by atoms with Gasteiger partial charge in [0.1, 0.15) is 11.8 Å². The van der Waals surface area contributed by atoms with Crippen LogP contribution in [0.4, 0.5) is 5.69 Å². The molecule has 0 unspecified atom stereocenters. The third-order valence-electron chi connectivity index (χ3n) is 6.93. The summed E-state index contributed by atoms with van der Waals surface area (Å²) >= 11 is 12.3. The highest BCUT2D eigenvalue weighted by Gasteiger charge is 2.31. The third kappa shape index (κ3) is 8.50. The van der Waals surface area contributed by atoms with Gasteiger partial charge in [0.05, 0.1) is 29.1 Å². The van der Waals surface area contributed by atoms with Crippen LogP contribution >= 0.6 is 23.2 Å². The largest absolute Gasteiger partial charge is 0.495 e. The zero-order valence-electron chi connectivity index (χ0n) is 22.7.